The van der Waals surface area contributed by atoms with E-state index in [1.54, 1.807) is 0 Å². The third kappa shape index (κ3) is 1.97. The van der Waals surface area contributed by atoms with E-state index in [2.05, 4.69) is 38.9 Å². The molecule has 1 heterocycles. The normalized spacial score (nSPS) is 27.2. The lowest BCUT2D eigenvalue weighted by Gasteiger charge is -1.91. The first kappa shape index (κ1) is 7.50. The Labute approximate surface area is 71.8 Å². The topological polar surface area (TPSA) is 0 Å². The van der Waals surface area contributed by atoms with Gasteiger partial charge in [0.1, 0.15) is 0 Å². The quantitative estimate of drug-likeness (QED) is 0.409. The second-order valence-corrected chi connectivity index (χ2v) is 9.86. The number of thioether (sulfide) groups is 1. The molecule has 1 rings (SSSR count). The van der Waals surface area contributed by atoms with Crippen molar-refractivity contribution < 1.29 is 0 Å². The van der Waals surface area contributed by atoms with Crippen LogP contribution in [0.1, 0.15) is 0 Å². The van der Waals surface area contributed by atoms with Crippen molar-refractivity contribution >= 4 is 55.8 Å². The van der Waals surface area contributed by atoms with Crippen LogP contribution in [0.5, 0.6) is 0 Å². The van der Waals surface area contributed by atoms with Crippen molar-refractivity contribution in [2.24, 2.45) is 0 Å². The van der Waals surface area contributed by atoms with Gasteiger partial charge in [0, 0.05) is 21.2 Å². The van der Waals surface area contributed by atoms with Gasteiger partial charge in [0.2, 0.25) is 0 Å². The summed E-state index contributed by atoms with van der Waals surface area (Å²) in [6.07, 6.45) is 4.32. The van der Waals surface area contributed by atoms with Crippen molar-refractivity contribution in [3.8, 4) is 0 Å². The molecule has 1 atom stereocenters. The molecule has 0 bridgehead atoms. The molecule has 0 fully saturated rings. The minimum Gasteiger partial charge on any atom is -0.122 e. The number of rotatable bonds is 1. The summed E-state index contributed by atoms with van der Waals surface area (Å²) in [6, 6.07) is 0. The first-order valence-corrected chi connectivity index (χ1v) is 8.38. The number of hydrogen-bond donors (Lipinski definition) is 0. The van der Waals surface area contributed by atoms with E-state index in [1.807, 2.05) is 22.6 Å². The van der Waals surface area contributed by atoms with Gasteiger partial charge in [-0.05, 0) is 28.5 Å². The van der Waals surface area contributed by atoms with Crippen LogP contribution in [0.2, 0.25) is 0 Å². The summed E-state index contributed by atoms with van der Waals surface area (Å²) >= 11 is 4.27. The SMILES string of the molecule is CSC1=CC=S(I)S1. The van der Waals surface area contributed by atoms with Crippen LogP contribution in [0, 0.1) is 0 Å². The Bertz CT molecular complexity index is 149. The molecule has 0 aromatic carbocycles. The molecule has 0 saturated carbocycles. The molecule has 1 aliphatic heterocycles. The van der Waals surface area contributed by atoms with Crippen LogP contribution >= 0.6 is 50.4 Å². The average Bonchev–Trinajstić information content (AvgIpc) is 2.14. The molecule has 4 heteroatoms. The molecule has 0 spiro atoms. The Morgan fingerprint density at radius 3 is 2.88 bits per heavy atom. The van der Waals surface area contributed by atoms with Gasteiger partial charge in [0.15, 0.2) is 0 Å². The second-order valence-electron chi connectivity index (χ2n) is 1.16. The van der Waals surface area contributed by atoms with Gasteiger partial charge in [0.25, 0.3) is 0 Å². The zero-order valence-electron chi connectivity index (χ0n) is 4.26. The average molecular weight is 276 g/mol. The fraction of sp³-hybridized carbons (Fsp3) is 0.250. The van der Waals surface area contributed by atoms with Crippen LogP contribution in [0.3, 0.4) is 0 Å². The predicted molar refractivity (Wildman–Crippen MR) is 56.9 cm³/mol. The smallest absolute Gasteiger partial charge is 0.0515 e. The molecule has 0 saturated heterocycles. The van der Waals surface area contributed by atoms with Crippen LogP contribution in [0.25, 0.3) is 0 Å². The third-order valence-corrected chi connectivity index (χ3v) is 6.94. The fourth-order valence-electron chi connectivity index (χ4n) is 0.345. The van der Waals surface area contributed by atoms with Gasteiger partial charge in [-0.2, -0.15) is 0 Å². The van der Waals surface area contributed by atoms with Gasteiger partial charge in [-0.3, -0.25) is 0 Å². The molecule has 1 aliphatic rings. The minimum absolute atomic E-state index is 0.445. The molecule has 0 nitrogen and oxygen atoms in total. The fourth-order valence-corrected chi connectivity index (χ4v) is 7.10. The first-order chi connectivity index (χ1) is 3.83. The van der Waals surface area contributed by atoms with Crippen LogP contribution in [0.4, 0.5) is 0 Å². The summed E-state index contributed by atoms with van der Waals surface area (Å²) in [6.45, 7) is 0.445. The van der Waals surface area contributed by atoms with E-state index in [9.17, 15) is 0 Å². The summed E-state index contributed by atoms with van der Waals surface area (Å²) in [5.74, 6) is 0. The van der Waals surface area contributed by atoms with E-state index in [1.165, 1.54) is 4.24 Å². The largest absolute Gasteiger partial charge is 0.122 e. The van der Waals surface area contributed by atoms with Crippen LogP contribution in [-0.2, 0) is 0 Å². The molecule has 0 radical (unpaired) electrons. The Morgan fingerprint density at radius 1 is 1.88 bits per heavy atom. The molecule has 46 valence electrons. The van der Waals surface area contributed by atoms with Gasteiger partial charge >= 0.3 is 0 Å². The highest BCUT2D eigenvalue weighted by Gasteiger charge is 2.02. The van der Waals surface area contributed by atoms with E-state index >= 15 is 0 Å². The highest BCUT2D eigenvalue weighted by molar-refractivity contribution is 14.2. The summed E-state index contributed by atoms with van der Waals surface area (Å²) in [5.41, 5.74) is 0. The van der Waals surface area contributed by atoms with Gasteiger partial charge < -0.3 is 0 Å². The van der Waals surface area contributed by atoms with Gasteiger partial charge in [-0.15, -0.1) is 11.8 Å². The first-order valence-electron chi connectivity index (χ1n) is 2.00. The Morgan fingerprint density at radius 2 is 2.62 bits per heavy atom. The molecular weight excluding hydrogens is 271 g/mol. The number of halogens is 1. The monoisotopic (exact) mass is 276 g/mol. The summed E-state index contributed by atoms with van der Waals surface area (Å²) < 4.78 is 1.45. The molecule has 1 unspecified atom stereocenters. The highest BCUT2D eigenvalue weighted by Crippen LogP contribution is 2.50. The molecule has 0 aliphatic carbocycles. The molecule has 0 aromatic rings. The van der Waals surface area contributed by atoms with Crippen molar-refractivity contribution in [1.29, 1.82) is 0 Å². The van der Waals surface area contributed by atoms with Crippen molar-refractivity contribution in [1.82, 2.24) is 0 Å². The van der Waals surface area contributed by atoms with Crippen molar-refractivity contribution in [3.05, 3.63) is 10.3 Å². The highest BCUT2D eigenvalue weighted by atomic mass is 127. The number of allylic oxidation sites excluding steroid dienone is 1. The lowest BCUT2D eigenvalue weighted by atomic mass is 10.8. The minimum atomic E-state index is 0.445. The van der Waals surface area contributed by atoms with Gasteiger partial charge in [-0.25, -0.2) is 0 Å². The summed E-state index contributed by atoms with van der Waals surface area (Å²) in [4.78, 5) is 0. The molecule has 0 N–H and O–H groups in total. The molecular formula is C4H5IS3. The predicted octanol–water partition coefficient (Wildman–Crippen LogP) is 3.27. The molecule has 8 heavy (non-hydrogen) atoms. The second kappa shape index (κ2) is 3.53. The van der Waals surface area contributed by atoms with E-state index in [0.29, 0.717) is 6.69 Å². The van der Waals surface area contributed by atoms with E-state index in [4.69, 9.17) is 0 Å². The maximum absolute atomic E-state index is 2.44. The zero-order valence-corrected chi connectivity index (χ0v) is 8.86. The summed E-state index contributed by atoms with van der Waals surface area (Å²) in [7, 11) is 1.95. The van der Waals surface area contributed by atoms with Crippen LogP contribution in [-0.4, -0.2) is 11.6 Å². The Kier molecular flexibility index (Phi) is 3.31. The summed E-state index contributed by atoms with van der Waals surface area (Å²) in [5, 5.41) is 2.25. The van der Waals surface area contributed by atoms with Crippen molar-refractivity contribution in [3.63, 3.8) is 0 Å². The maximum Gasteiger partial charge on any atom is 0.0515 e. The van der Waals surface area contributed by atoms with E-state index in [-0.39, 0.29) is 0 Å². The van der Waals surface area contributed by atoms with Gasteiger partial charge in [0.05, 0.1) is 4.24 Å². The standard InChI is InChI=1S/C4H5IS3/c1-6-4-2-3-8(5)7-4/h2-3H,1H3. The van der Waals surface area contributed by atoms with Crippen LogP contribution < -0.4 is 0 Å². The van der Waals surface area contributed by atoms with Crippen molar-refractivity contribution in [2.45, 2.75) is 0 Å². The van der Waals surface area contributed by atoms with Crippen molar-refractivity contribution in [2.75, 3.05) is 6.26 Å². The van der Waals surface area contributed by atoms with E-state index < -0.39 is 0 Å². The van der Waals surface area contributed by atoms with Gasteiger partial charge in [-0.1, -0.05) is 6.69 Å². The third-order valence-electron chi connectivity index (χ3n) is 0.674. The number of hydrogen-bond acceptors (Lipinski definition) is 2. The molecule has 0 aromatic heterocycles. The lowest BCUT2D eigenvalue weighted by Crippen LogP contribution is -1.54. The zero-order chi connectivity index (χ0) is 5.98. The Balaban J connectivity index is 2.49. The maximum atomic E-state index is 2.44. The Hall–Kier alpha value is 1.39. The van der Waals surface area contributed by atoms with Crippen LogP contribution in [0.15, 0.2) is 10.3 Å². The van der Waals surface area contributed by atoms with E-state index in [0.717, 1.165) is 0 Å². The lowest BCUT2D eigenvalue weighted by molar-refractivity contribution is 2.34. The molecule has 0 amide bonds.